The molecule has 0 aromatic heterocycles. The normalized spacial score (nSPS) is 13.1. The van der Waals surface area contributed by atoms with Gasteiger partial charge in [0.15, 0.2) is 0 Å². The molecule has 2 unspecified atom stereocenters. The highest BCUT2D eigenvalue weighted by atomic mass is 35.5. The number of carboxylic acids is 1. The molecule has 0 radical (unpaired) electrons. The van der Waals surface area contributed by atoms with Crippen molar-refractivity contribution in [3.05, 3.63) is 28.8 Å². The summed E-state index contributed by atoms with van der Waals surface area (Å²) in [4.78, 5) is 36.5. The third-order valence-corrected chi connectivity index (χ3v) is 5.28. The lowest BCUT2D eigenvalue weighted by Gasteiger charge is -2.29. The highest BCUT2D eigenvalue weighted by molar-refractivity contribution is 6.32. The van der Waals surface area contributed by atoms with Gasteiger partial charge in [0.1, 0.15) is 11.8 Å². The lowest BCUT2D eigenvalue weighted by molar-refractivity contribution is -0.148. The highest BCUT2D eigenvalue weighted by Gasteiger charge is 2.36. The molecule has 3 N–H and O–H groups in total. The van der Waals surface area contributed by atoms with E-state index in [0.717, 1.165) is 6.42 Å². The van der Waals surface area contributed by atoms with Gasteiger partial charge in [0, 0.05) is 12.5 Å². The molecule has 0 saturated heterocycles. The molecular formula is C21H31ClN2O6. The molecular weight excluding hydrogens is 412 g/mol. The van der Waals surface area contributed by atoms with E-state index in [1.807, 2.05) is 6.92 Å². The lowest BCUT2D eigenvalue weighted by atomic mass is 9.85. The van der Waals surface area contributed by atoms with Gasteiger partial charge in [-0.1, -0.05) is 31.0 Å². The first-order chi connectivity index (χ1) is 14.0. The van der Waals surface area contributed by atoms with Gasteiger partial charge in [-0.2, -0.15) is 0 Å². The van der Waals surface area contributed by atoms with Crippen LogP contribution in [0.5, 0.6) is 5.75 Å². The summed E-state index contributed by atoms with van der Waals surface area (Å²) in [5, 5.41) is 15.0. The van der Waals surface area contributed by atoms with E-state index in [2.05, 4.69) is 10.6 Å². The minimum atomic E-state index is -1.19. The van der Waals surface area contributed by atoms with Crippen LogP contribution in [0, 0.1) is 5.41 Å². The van der Waals surface area contributed by atoms with Crippen LogP contribution >= 0.6 is 11.6 Å². The standard InChI is InChI=1S/C21H31ClN2O6/c1-6-7-10-30-20(28)24-16(12-14-8-9-17(29-5)15(22)11-14)18(25)23-13(2)21(3,4)19(26)27/h8-9,11,13,16H,6-7,10,12H2,1-5H3,(H,23,25)(H,24,28)(H,26,27). The number of carbonyl (C=O) groups is 3. The second kappa shape index (κ2) is 11.6. The van der Waals surface area contributed by atoms with Crippen LogP contribution in [0.15, 0.2) is 18.2 Å². The molecule has 0 saturated carbocycles. The Kier molecular flexibility index (Phi) is 9.92. The molecule has 2 amide bonds. The molecule has 1 aromatic carbocycles. The number of alkyl carbamates (subject to hydrolysis) is 1. The van der Waals surface area contributed by atoms with Crippen LogP contribution in [0.2, 0.25) is 5.02 Å². The van der Waals surface area contributed by atoms with E-state index in [4.69, 9.17) is 21.1 Å². The van der Waals surface area contributed by atoms with Gasteiger partial charge < -0.3 is 25.2 Å². The van der Waals surface area contributed by atoms with E-state index in [0.29, 0.717) is 22.8 Å². The maximum atomic E-state index is 12.9. The smallest absolute Gasteiger partial charge is 0.407 e. The molecule has 2 atom stereocenters. The van der Waals surface area contributed by atoms with Crippen molar-refractivity contribution in [1.29, 1.82) is 0 Å². The number of carbonyl (C=O) groups excluding carboxylic acids is 2. The van der Waals surface area contributed by atoms with Crippen molar-refractivity contribution < 1.29 is 29.0 Å². The summed E-state index contributed by atoms with van der Waals surface area (Å²) in [5.41, 5.74) is -0.495. The second-order valence-corrected chi connectivity index (χ2v) is 8.02. The maximum Gasteiger partial charge on any atom is 0.407 e. The second-order valence-electron chi connectivity index (χ2n) is 7.62. The Morgan fingerprint density at radius 2 is 1.90 bits per heavy atom. The molecule has 0 bridgehead atoms. The fourth-order valence-corrected chi connectivity index (χ4v) is 2.73. The monoisotopic (exact) mass is 442 g/mol. The molecule has 168 valence electrons. The zero-order valence-electron chi connectivity index (χ0n) is 18.1. The Morgan fingerprint density at radius 3 is 2.43 bits per heavy atom. The first-order valence-electron chi connectivity index (χ1n) is 9.82. The number of halogens is 1. The maximum absolute atomic E-state index is 12.9. The van der Waals surface area contributed by atoms with Gasteiger partial charge in [-0.05, 0) is 44.9 Å². The molecule has 1 aromatic rings. The van der Waals surface area contributed by atoms with E-state index >= 15 is 0 Å². The fourth-order valence-electron chi connectivity index (χ4n) is 2.45. The lowest BCUT2D eigenvalue weighted by Crippen LogP contribution is -2.54. The number of unbranched alkanes of at least 4 members (excludes halogenated alkanes) is 1. The summed E-state index contributed by atoms with van der Waals surface area (Å²) >= 11 is 6.16. The minimum Gasteiger partial charge on any atom is -0.495 e. The van der Waals surface area contributed by atoms with Crippen LogP contribution in [-0.4, -0.2) is 48.9 Å². The molecule has 0 fully saturated rings. The molecule has 8 nitrogen and oxygen atoms in total. The van der Waals surface area contributed by atoms with Gasteiger partial charge in [0.05, 0.1) is 24.2 Å². The quantitative estimate of drug-likeness (QED) is 0.452. The third kappa shape index (κ3) is 7.40. The molecule has 0 spiro atoms. The number of carboxylic acid groups (broad SMARTS) is 1. The van der Waals surface area contributed by atoms with Crippen molar-refractivity contribution in [2.75, 3.05) is 13.7 Å². The zero-order chi connectivity index (χ0) is 22.9. The molecule has 1 rings (SSSR count). The summed E-state index contributed by atoms with van der Waals surface area (Å²) in [6.45, 7) is 6.85. The topological polar surface area (TPSA) is 114 Å². The number of aliphatic carboxylic acids is 1. The molecule has 0 aliphatic carbocycles. The van der Waals surface area contributed by atoms with Crippen LogP contribution in [0.3, 0.4) is 0 Å². The Hall–Kier alpha value is -2.48. The average molecular weight is 443 g/mol. The molecule has 0 aliphatic heterocycles. The zero-order valence-corrected chi connectivity index (χ0v) is 18.8. The van der Waals surface area contributed by atoms with Gasteiger partial charge in [0.25, 0.3) is 0 Å². The Labute approximate surface area is 182 Å². The summed E-state index contributed by atoms with van der Waals surface area (Å²) in [6, 6.07) is 3.40. The van der Waals surface area contributed by atoms with Crippen molar-refractivity contribution >= 4 is 29.6 Å². The number of nitrogens with one attached hydrogen (secondary N) is 2. The van der Waals surface area contributed by atoms with Crippen molar-refractivity contribution in [2.24, 2.45) is 5.41 Å². The van der Waals surface area contributed by atoms with Gasteiger partial charge >= 0.3 is 12.1 Å². The van der Waals surface area contributed by atoms with E-state index in [-0.39, 0.29) is 13.0 Å². The minimum absolute atomic E-state index is 0.138. The number of benzene rings is 1. The summed E-state index contributed by atoms with van der Waals surface area (Å²) < 4.78 is 10.2. The number of amides is 2. The van der Waals surface area contributed by atoms with E-state index in [1.165, 1.54) is 21.0 Å². The fraction of sp³-hybridized carbons (Fsp3) is 0.571. The van der Waals surface area contributed by atoms with E-state index < -0.39 is 35.5 Å². The van der Waals surface area contributed by atoms with Crippen LogP contribution < -0.4 is 15.4 Å². The van der Waals surface area contributed by atoms with Crippen LogP contribution in [-0.2, 0) is 20.7 Å². The van der Waals surface area contributed by atoms with Crippen molar-refractivity contribution in [3.63, 3.8) is 0 Å². The number of methoxy groups -OCH3 is 1. The first-order valence-corrected chi connectivity index (χ1v) is 10.2. The van der Waals surface area contributed by atoms with Gasteiger partial charge in [-0.25, -0.2) is 4.79 Å². The number of hydrogen-bond donors (Lipinski definition) is 3. The highest BCUT2D eigenvalue weighted by Crippen LogP contribution is 2.26. The predicted molar refractivity (Wildman–Crippen MR) is 114 cm³/mol. The summed E-state index contributed by atoms with van der Waals surface area (Å²) in [7, 11) is 1.50. The molecule has 0 aliphatic rings. The Morgan fingerprint density at radius 1 is 1.23 bits per heavy atom. The Bertz CT molecular complexity index is 753. The van der Waals surface area contributed by atoms with E-state index in [1.54, 1.807) is 25.1 Å². The van der Waals surface area contributed by atoms with Crippen molar-refractivity contribution in [1.82, 2.24) is 10.6 Å². The number of ether oxygens (including phenoxy) is 2. The van der Waals surface area contributed by atoms with Crippen LogP contribution in [0.4, 0.5) is 4.79 Å². The SMILES string of the molecule is CCCCOC(=O)NC(Cc1ccc(OC)c(Cl)c1)C(=O)NC(C)C(C)(C)C(=O)O. The number of hydrogen-bond acceptors (Lipinski definition) is 5. The molecule has 0 heterocycles. The van der Waals surface area contributed by atoms with Crippen molar-refractivity contribution in [3.8, 4) is 5.75 Å². The predicted octanol–water partition coefficient (Wildman–Crippen LogP) is 3.40. The average Bonchev–Trinajstić information content (AvgIpc) is 2.67. The summed E-state index contributed by atoms with van der Waals surface area (Å²) in [6.07, 6.45) is 0.998. The first kappa shape index (κ1) is 25.6. The van der Waals surface area contributed by atoms with Crippen LogP contribution in [0.1, 0.15) is 46.1 Å². The molecule has 9 heteroatoms. The van der Waals surface area contributed by atoms with Gasteiger partial charge in [-0.15, -0.1) is 0 Å². The van der Waals surface area contributed by atoms with Crippen molar-refractivity contribution in [2.45, 2.75) is 59.0 Å². The van der Waals surface area contributed by atoms with Crippen LogP contribution in [0.25, 0.3) is 0 Å². The number of rotatable bonds is 11. The third-order valence-electron chi connectivity index (χ3n) is 4.99. The Balaban J connectivity index is 2.98. The van der Waals surface area contributed by atoms with Gasteiger partial charge in [-0.3, -0.25) is 9.59 Å². The molecule has 30 heavy (non-hydrogen) atoms. The summed E-state index contributed by atoms with van der Waals surface area (Å²) in [5.74, 6) is -1.07. The van der Waals surface area contributed by atoms with Gasteiger partial charge in [0.2, 0.25) is 5.91 Å². The largest absolute Gasteiger partial charge is 0.495 e. The van der Waals surface area contributed by atoms with E-state index in [9.17, 15) is 19.5 Å².